The second-order valence-electron chi connectivity index (χ2n) is 5.75. The molecule has 1 aromatic heterocycles. The lowest BCUT2D eigenvalue weighted by Gasteiger charge is -2.11. The van der Waals surface area contributed by atoms with Crippen LogP contribution in [0, 0.1) is 22.9 Å². The summed E-state index contributed by atoms with van der Waals surface area (Å²) < 4.78 is 12.9. The molecule has 3 N–H and O–H groups in total. The highest BCUT2D eigenvalue weighted by Gasteiger charge is 2.23. The Balaban J connectivity index is 1.80. The van der Waals surface area contributed by atoms with Crippen LogP contribution in [0.1, 0.15) is 15.9 Å². The summed E-state index contributed by atoms with van der Waals surface area (Å²) in [5.74, 6) is -1.34. The first-order valence-corrected chi connectivity index (χ1v) is 8.09. The molecule has 3 rings (SSSR count). The molecular formula is C18H15FN6O3. The Kier molecular flexibility index (Phi) is 5.40. The highest BCUT2D eigenvalue weighted by atomic mass is 19.1. The molecule has 0 aliphatic heterocycles. The van der Waals surface area contributed by atoms with Crippen LogP contribution in [0.5, 0.6) is 0 Å². The van der Waals surface area contributed by atoms with E-state index in [1.54, 1.807) is 12.1 Å². The molecule has 1 heterocycles. The van der Waals surface area contributed by atoms with Gasteiger partial charge in [-0.25, -0.2) is 14.4 Å². The van der Waals surface area contributed by atoms with Gasteiger partial charge in [0.1, 0.15) is 12.1 Å². The lowest BCUT2D eigenvalue weighted by atomic mass is 10.2. The van der Waals surface area contributed by atoms with Crippen molar-refractivity contribution in [2.45, 2.75) is 6.92 Å². The fourth-order valence-electron chi connectivity index (χ4n) is 2.30. The average molecular weight is 382 g/mol. The summed E-state index contributed by atoms with van der Waals surface area (Å²) in [6.45, 7) is 1.92. The van der Waals surface area contributed by atoms with Gasteiger partial charge >= 0.3 is 5.69 Å². The number of hydrogen-bond acceptors (Lipinski definition) is 7. The number of amides is 1. The zero-order valence-electron chi connectivity index (χ0n) is 14.6. The van der Waals surface area contributed by atoms with E-state index in [0.717, 1.165) is 24.0 Å². The molecule has 0 bridgehead atoms. The van der Waals surface area contributed by atoms with Gasteiger partial charge in [-0.1, -0.05) is 17.7 Å². The van der Waals surface area contributed by atoms with Crippen molar-refractivity contribution in [2.75, 3.05) is 10.7 Å². The van der Waals surface area contributed by atoms with Crippen molar-refractivity contribution in [3.63, 3.8) is 0 Å². The molecule has 0 spiro atoms. The van der Waals surface area contributed by atoms with Crippen LogP contribution in [-0.2, 0) is 0 Å². The van der Waals surface area contributed by atoms with Crippen molar-refractivity contribution in [3.05, 3.63) is 81.9 Å². The molecule has 3 aromatic rings. The standard InChI is InChI=1S/C18H15FN6O3/c1-11-2-8-14(9-3-11)22-16-15(25(27)28)17(21-10-20-16)23-24-18(26)12-4-6-13(19)7-5-12/h2-10H,1H3,(H,24,26)(H2,20,21,22,23). The first-order chi connectivity index (χ1) is 13.4. The minimum absolute atomic E-state index is 0.0395. The van der Waals surface area contributed by atoms with E-state index >= 15 is 0 Å². The molecule has 2 aromatic carbocycles. The first kappa shape index (κ1) is 18.7. The Morgan fingerprint density at radius 2 is 1.68 bits per heavy atom. The molecule has 1 amide bonds. The summed E-state index contributed by atoms with van der Waals surface area (Å²) in [4.78, 5) is 30.7. The van der Waals surface area contributed by atoms with Gasteiger partial charge in [0.05, 0.1) is 4.92 Å². The monoisotopic (exact) mass is 382 g/mol. The maximum Gasteiger partial charge on any atom is 0.355 e. The van der Waals surface area contributed by atoms with Crippen molar-refractivity contribution in [1.82, 2.24) is 15.4 Å². The fraction of sp³-hybridized carbons (Fsp3) is 0.0556. The number of aromatic nitrogens is 2. The van der Waals surface area contributed by atoms with Crippen molar-refractivity contribution < 1.29 is 14.1 Å². The quantitative estimate of drug-likeness (QED) is 0.441. The lowest BCUT2D eigenvalue weighted by molar-refractivity contribution is -0.383. The third-order valence-electron chi connectivity index (χ3n) is 3.72. The average Bonchev–Trinajstić information content (AvgIpc) is 2.68. The number of carbonyl (C=O) groups excluding carboxylic acids is 1. The number of nitrogens with zero attached hydrogens (tertiary/aromatic N) is 3. The van der Waals surface area contributed by atoms with Crippen LogP contribution < -0.4 is 16.2 Å². The highest BCUT2D eigenvalue weighted by molar-refractivity contribution is 5.95. The molecule has 142 valence electrons. The molecule has 10 heteroatoms. The largest absolute Gasteiger partial charge is 0.355 e. The predicted molar refractivity (Wildman–Crippen MR) is 101 cm³/mol. The van der Waals surface area contributed by atoms with Gasteiger partial charge in [-0.15, -0.1) is 0 Å². The van der Waals surface area contributed by atoms with Crippen LogP contribution in [0.3, 0.4) is 0 Å². The number of aryl methyl sites for hydroxylation is 1. The fourth-order valence-corrected chi connectivity index (χ4v) is 2.30. The summed E-state index contributed by atoms with van der Waals surface area (Å²) in [6.07, 6.45) is 1.12. The molecule has 0 unspecified atom stereocenters. The van der Waals surface area contributed by atoms with Crippen LogP contribution >= 0.6 is 0 Å². The molecule has 0 aliphatic carbocycles. The molecule has 9 nitrogen and oxygen atoms in total. The van der Waals surface area contributed by atoms with E-state index in [1.165, 1.54) is 12.1 Å². The van der Waals surface area contributed by atoms with Crippen LogP contribution in [-0.4, -0.2) is 20.8 Å². The molecular weight excluding hydrogens is 367 g/mol. The number of hydrazine groups is 1. The Morgan fingerprint density at radius 1 is 1.04 bits per heavy atom. The normalized spacial score (nSPS) is 10.2. The number of nitrogens with one attached hydrogen (secondary N) is 3. The molecule has 0 aliphatic rings. The van der Waals surface area contributed by atoms with E-state index in [1.807, 2.05) is 19.1 Å². The van der Waals surface area contributed by atoms with E-state index in [2.05, 4.69) is 26.1 Å². The van der Waals surface area contributed by atoms with E-state index in [4.69, 9.17) is 0 Å². The zero-order valence-corrected chi connectivity index (χ0v) is 14.6. The van der Waals surface area contributed by atoms with Gasteiger partial charge in [0, 0.05) is 11.3 Å². The molecule has 0 radical (unpaired) electrons. The summed E-state index contributed by atoms with van der Waals surface area (Å²) in [5.41, 5.74) is 6.08. The van der Waals surface area contributed by atoms with Crippen molar-refractivity contribution in [1.29, 1.82) is 0 Å². The Labute approximate surface area is 158 Å². The second-order valence-corrected chi connectivity index (χ2v) is 5.75. The summed E-state index contributed by atoms with van der Waals surface area (Å²) in [5, 5.41) is 14.4. The number of anilines is 3. The lowest BCUT2D eigenvalue weighted by Crippen LogP contribution is -2.30. The predicted octanol–water partition coefficient (Wildman–Crippen LogP) is 3.33. The van der Waals surface area contributed by atoms with Gasteiger partial charge in [0.2, 0.25) is 11.6 Å². The Hall–Kier alpha value is -4.08. The van der Waals surface area contributed by atoms with Crippen LogP contribution in [0.2, 0.25) is 0 Å². The zero-order chi connectivity index (χ0) is 20.1. The van der Waals surface area contributed by atoms with Crippen LogP contribution in [0.25, 0.3) is 0 Å². The van der Waals surface area contributed by atoms with E-state index in [9.17, 15) is 19.3 Å². The molecule has 0 atom stereocenters. The van der Waals surface area contributed by atoms with Crippen LogP contribution in [0.4, 0.5) is 27.4 Å². The second kappa shape index (κ2) is 8.08. The SMILES string of the molecule is Cc1ccc(Nc2ncnc(NNC(=O)c3ccc(F)cc3)c2[N+](=O)[O-])cc1. The maximum absolute atomic E-state index is 12.9. The number of nitro groups is 1. The number of benzene rings is 2. The first-order valence-electron chi connectivity index (χ1n) is 8.09. The molecule has 0 saturated carbocycles. The van der Waals surface area contributed by atoms with E-state index in [0.29, 0.717) is 5.69 Å². The molecule has 28 heavy (non-hydrogen) atoms. The number of rotatable bonds is 6. The van der Waals surface area contributed by atoms with Crippen LogP contribution in [0.15, 0.2) is 54.9 Å². The van der Waals surface area contributed by atoms with Gasteiger partial charge in [-0.3, -0.25) is 25.8 Å². The van der Waals surface area contributed by atoms with Crippen molar-refractivity contribution in [3.8, 4) is 0 Å². The molecule has 0 fully saturated rings. The third kappa shape index (κ3) is 4.36. The van der Waals surface area contributed by atoms with Crippen molar-refractivity contribution >= 4 is 28.9 Å². The van der Waals surface area contributed by atoms with Gasteiger partial charge in [0.25, 0.3) is 5.91 Å². The topological polar surface area (TPSA) is 122 Å². The number of halogens is 1. The number of hydrogen-bond donors (Lipinski definition) is 3. The number of carbonyl (C=O) groups is 1. The Morgan fingerprint density at radius 3 is 2.32 bits per heavy atom. The summed E-state index contributed by atoms with van der Waals surface area (Å²) >= 11 is 0. The maximum atomic E-state index is 12.9. The van der Waals surface area contributed by atoms with E-state index in [-0.39, 0.29) is 17.2 Å². The molecule has 0 saturated heterocycles. The van der Waals surface area contributed by atoms with Gasteiger partial charge in [-0.05, 0) is 43.3 Å². The third-order valence-corrected chi connectivity index (χ3v) is 3.72. The minimum atomic E-state index is -0.664. The van der Waals surface area contributed by atoms with Crippen molar-refractivity contribution in [2.24, 2.45) is 0 Å². The van der Waals surface area contributed by atoms with Gasteiger partial charge < -0.3 is 5.32 Å². The summed E-state index contributed by atoms with van der Waals surface area (Å²) in [7, 11) is 0. The van der Waals surface area contributed by atoms with E-state index < -0.39 is 22.3 Å². The highest BCUT2D eigenvalue weighted by Crippen LogP contribution is 2.30. The minimum Gasteiger partial charge on any atom is -0.334 e. The summed E-state index contributed by atoms with van der Waals surface area (Å²) in [6, 6.07) is 12.0. The van der Waals surface area contributed by atoms with Gasteiger partial charge in [0.15, 0.2) is 0 Å². The van der Waals surface area contributed by atoms with Gasteiger partial charge in [-0.2, -0.15) is 0 Å². The smallest absolute Gasteiger partial charge is 0.334 e. The Bertz CT molecular complexity index is 1010.